The van der Waals surface area contributed by atoms with E-state index in [1.807, 2.05) is 31.2 Å². The molecule has 0 fully saturated rings. The number of ether oxygens (including phenoxy) is 2. The summed E-state index contributed by atoms with van der Waals surface area (Å²) in [6.45, 7) is 6.73. The Morgan fingerprint density at radius 3 is 2.82 bits per heavy atom. The van der Waals surface area contributed by atoms with Gasteiger partial charge in [0.25, 0.3) is 0 Å². The summed E-state index contributed by atoms with van der Waals surface area (Å²) in [7, 11) is 0. The highest BCUT2D eigenvalue weighted by Gasteiger charge is 2.09. The fraction of sp³-hybridized carbons (Fsp3) is 0.429. The molecule has 1 aromatic rings. The average molecular weight is 236 g/mol. The largest absolute Gasteiger partial charge is 0.490 e. The highest BCUT2D eigenvalue weighted by atomic mass is 16.5. The molecule has 3 heteroatoms. The van der Waals surface area contributed by atoms with Gasteiger partial charge in [0, 0.05) is 5.56 Å². The maximum Gasteiger partial charge on any atom is 0.166 e. The number of allylic oxidation sites excluding steroid dienone is 1. The van der Waals surface area contributed by atoms with E-state index in [9.17, 15) is 5.11 Å². The summed E-state index contributed by atoms with van der Waals surface area (Å²) < 4.78 is 11.2. The van der Waals surface area contributed by atoms with E-state index in [2.05, 4.69) is 6.58 Å². The van der Waals surface area contributed by atoms with E-state index in [1.165, 1.54) is 0 Å². The summed E-state index contributed by atoms with van der Waals surface area (Å²) in [4.78, 5) is 0. The second-order valence-corrected chi connectivity index (χ2v) is 3.61. The molecule has 3 nitrogen and oxygen atoms in total. The summed E-state index contributed by atoms with van der Waals surface area (Å²) in [5, 5.41) is 9.26. The summed E-state index contributed by atoms with van der Waals surface area (Å²) in [5.41, 5.74) is 0.759. The van der Waals surface area contributed by atoms with E-state index in [0.717, 1.165) is 18.4 Å². The summed E-state index contributed by atoms with van der Waals surface area (Å²) >= 11 is 0. The van der Waals surface area contributed by atoms with E-state index in [0.29, 0.717) is 24.7 Å². The lowest BCUT2D eigenvalue weighted by molar-refractivity contribution is 0.247. The first kappa shape index (κ1) is 13.6. The van der Waals surface area contributed by atoms with Crippen LogP contribution in [0.25, 0.3) is 0 Å². The second kappa shape index (κ2) is 7.74. The molecule has 94 valence electrons. The highest BCUT2D eigenvalue weighted by Crippen LogP contribution is 2.31. The molecule has 0 aliphatic carbocycles. The summed E-state index contributed by atoms with van der Waals surface area (Å²) in [6.07, 6.45) is 3.70. The van der Waals surface area contributed by atoms with Crippen molar-refractivity contribution in [3.63, 3.8) is 0 Å². The Kier molecular flexibility index (Phi) is 6.18. The molecular weight excluding hydrogens is 216 g/mol. The molecular formula is C14H20O3. The van der Waals surface area contributed by atoms with Gasteiger partial charge in [-0.2, -0.15) is 0 Å². The lowest BCUT2D eigenvalue weighted by atomic mass is 10.2. The van der Waals surface area contributed by atoms with Crippen molar-refractivity contribution in [2.45, 2.75) is 26.4 Å². The minimum atomic E-state index is -0.0439. The van der Waals surface area contributed by atoms with Crippen molar-refractivity contribution in [1.29, 1.82) is 0 Å². The molecule has 0 aliphatic heterocycles. The molecule has 0 saturated heterocycles. The first-order valence-electron chi connectivity index (χ1n) is 5.92. The van der Waals surface area contributed by atoms with Gasteiger partial charge in [-0.3, -0.25) is 0 Å². The summed E-state index contributed by atoms with van der Waals surface area (Å²) in [5.74, 6) is 1.35. The van der Waals surface area contributed by atoms with Gasteiger partial charge in [-0.15, -0.1) is 6.58 Å². The standard InChI is InChI=1S/C14H20O3/c1-3-5-6-10-17-14-12(11-15)8-7-9-13(14)16-4-2/h3,7-9,15H,1,4-6,10-11H2,2H3. The number of benzene rings is 1. The zero-order valence-electron chi connectivity index (χ0n) is 10.3. The maximum absolute atomic E-state index is 9.26. The molecule has 17 heavy (non-hydrogen) atoms. The molecule has 0 unspecified atom stereocenters. The Labute approximate surface area is 103 Å². The maximum atomic E-state index is 9.26. The molecule has 0 heterocycles. The number of hydrogen-bond acceptors (Lipinski definition) is 3. The fourth-order valence-corrected chi connectivity index (χ4v) is 1.52. The topological polar surface area (TPSA) is 38.7 Å². The number of aliphatic hydroxyl groups is 1. The van der Waals surface area contributed by atoms with E-state index < -0.39 is 0 Å². The highest BCUT2D eigenvalue weighted by molar-refractivity contribution is 5.46. The van der Waals surface area contributed by atoms with Gasteiger partial charge in [0.1, 0.15) is 0 Å². The van der Waals surface area contributed by atoms with Crippen LogP contribution in [-0.4, -0.2) is 18.3 Å². The number of aliphatic hydroxyl groups excluding tert-OH is 1. The van der Waals surface area contributed by atoms with Crippen molar-refractivity contribution >= 4 is 0 Å². The molecule has 0 amide bonds. The van der Waals surface area contributed by atoms with Crippen molar-refractivity contribution in [3.05, 3.63) is 36.4 Å². The third-order valence-electron chi connectivity index (χ3n) is 2.33. The van der Waals surface area contributed by atoms with Crippen LogP contribution in [0.4, 0.5) is 0 Å². The molecule has 0 saturated carbocycles. The van der Waals surface area contributed by atoms with E-state index in [-0.39, 0.29) is 6.61 Å². The van der Waals surface area contributed by atoms with Crippen LogP contribution in [0.2, 0.25) is 0 Å². The zero-order valence-corrected chi connectivity index (χ0v) is 10.3. The predicted octanol–water partition coefficient (Wildman–Crippen LogP) is 2.92. The van der Waals surface area contributed by atoms with Gasteiger partial charge in [0.15, 0.2) is 11.5 Å². The van der Waals surface area contributed by atoms with E-state index in [1.54, 1.807) is 0 Å². The Bertz CT molecular complexity index is 347. The smallest absolute Gasteiger partial charge is 0.166 e. The van der Waals surface area contributed by atoms with Gasteiger partial charge in [0.05, 0.1) is 19.8 Å². The molecule has 0 bridgehead atoms. The van der Waals surface area contributed by atoms with Gasteiger partial charge < -0.3 is 14.6 Å². The molecule has 0 atom stereocenters. The Hall–Kier alpha value is -1.48. The van der Waals surface area contributed by atoms with Gasteiger partial charge in [-0.05, 0) is 25.8 Å². The number of rotatable bonds is 8. The Balaban J connectivity index is 2.73. The van der Waals surface area contributed by atoms with Gasteiger partial charge in [-0.25, -0.2) is 0 Å². The minimum absolute atomic E-state index is 0.0439. The van der Waals surface area contributed by atoms with Crippen LogP contribution >= 0.6 is 0 Å². The lowest BCUT2D eigenvalue weighted by Gasteiger charge is -2.14. The molecule has 0 aromatic heterocycles. The Morgan fingerprint density at radius 1 is 1.35 bits per heavy atom. The summed E-state index contributed by atoms with van der Waals surface area (Å²) in [6, 6.07) is 5.55. The average Bonchev–Trinajstić information content (AvgIpc) is 2.36. The SMILES string of the molecule is C=CCCCOc1c(CO)cccc1OCC. The van der Waals surface area contributed by atoms with Crippen LogP contribution in [0.15, 0.2) is 30.9 Å². The van der Waals surface area contributed by atoms with Crippen LogP contribution in [0.1, 0.15) is 25.3 Å². The van der Waals surface area contributed by atoms with Crippen molar-refractivity contribution in [2.75, 3.05) is 13.2 Å². The Morgan fingerprint density at radius 2 is 2.18 bits per heavy atom. The van der Waals surface area contributed by atoms with Crippen LogP contribution in [0, 0.1) is 0 Å². The lowest BCUT2D eigenvalue weighted by Crippen LogP contribution is -2.03. The van der Waals surface area contributed by atoms with Crippen LogP contribution in [0.5, 0.6) is 11.5 Å². The molecule has 1 N–H and O–H groups in total. The van der Waals surface area contributed by atoms with Crippen LogP contribution in [-0.2, 0) is 6.61 Å². The molecule has 0 aliphatic rings. The minimum Gasteiger partial charge on any atom is -0.490 e. The van der Waals surface area contributed by atoms with Crippen molar-refractivity contribution in [2.24, 2.45) is 0 Å². The quantitative estimate of drug-likeness (QED) is 0.557. The molecule has 1 aromatic carbocycles. The van der Waals surface area contributed by atoms with Crippen molar-refractivity contribution < 1.29 is 14.6 Å². The van der Waals surface area contributed by atoms with Gasteiger partial charge in [-0.1, -0.05) is 18.2 Å². The van der Waals surface area contributed by atoms with E-state index in [4.69, 9.17) is 9.47 Å². The van der Waals surface area contributed by atoms with Crippen LogP contribution in [0.3, 0.4) is 0 Å². The monoisotopic (exact) mass is 236 g/mol. The van der Waals surface area contributed by atoms with Crippen LogP contribution < -0.4 is 9.47 Å². The van der Waals surface area contributed by atoms with Crippen molar-refractivity contribution in [1.82, 2.24) is 0 Å². The molecule has 0 radical (unpaired) electrons. The first-order valence-corrected chi connectivity index (χ1v) is 5.92. The first-order chi connectivity index (χ1) is 8.33. The number of unbranched alkanes of at least 4 members (excludes halogenated alkanes) is 1. The molecule has 0 spiro atoms. The number of para-hydroxylation sites is 1. The fourth-order valence-electron chi connectivity index (χ4n) is 1.52. The van der Waals surface area contributed by atoms with E-state index >= 15 is 0 Å². The predicted molar refractivity (Wildman–Crippen MR) is 68.5 cm³/mol. The third-order valence-corrected chi connectivity index (χ3v) is 2.33. The van der Waals surface area contributed by atoms with Gasteiger partial charge in [0.2, 0.25) is 0 Å². The number of hydrogen-bond donors (Lipinski definition) is 1. The van der Waals surface area contributed by atoms with Crippen molar-refractivity contribution in [3.8, 4) is 11.5 Å². The molecule has 1 rings (SSSR count). The normalized spacial score (nSPS) is 10.0. The third kappa shape index (κ3) is 4.11. The van der Waals surface area contributed by atoms with Gasteiger partial charge >= 0.3 is 0 Å². The second-order valence-electron chi connectivity index (χ2n) is 3.61. The zero-order chi connectivity index (χ0) is 12.5.